The van der Waals surface area contributed by atoms with Gasteiger partial charge < -0.3 is 20.5 Å². The number of ether oxygens (including phenoxy) is 2. The van der Waals surface area contributed by atoms with E-state index in [9.17, 15) is 4.79 Å². The summed E-state index contributed by atoms with van der Waals surface area (Å²) in [7, 11) is 3.09. The largest absolute Gasteiger partial charge is 0.493 e. The third-order valence-corrected chi connectivity index (χ3v) is 2.75. The Balaban J connectivity index is 2.11. The molecule has 1 heterocycles. The van der Waals surface area contributed by atoms with E-state index in [1.165, 1.54) is 12.0 Å². The Hall–Kier alpha value is -2.44. The Bertz CT molecular complexity index is 516. The molecule has 2 rings (SSSR count). The Kier molecular flexibility index (Phi) is 3.74. The van der Waals surface area contributed by atoms with Gasteiger partial charge in [-0.2, -0.15) is 0 Å². The molecule has 0 spiro atoms. The maximum absolute atomic E-state index is 12.0. The predicted molar refractivity (Wildman–Crippen MR) is 71.8 cm³/mol. The second-order valence-corrected chi connectivity index (χ2v) is 3.89. The average Bonchev–Trinajstić information content (AvgIpc) is 2.85. The minimum Gasteiger partial charge on any atom is -0.493 e. The van der Waals surface area contributed by atoms with Gasteiger partial charge in [0.1, 0.15) is 0 Å². The Morgan fingerprint density at radius 3 is 2.68 bits per heavy atom. The lowest BCUT2D eigenvalue weighted by Gasteiger charge is -2.17. The normalized spacial score (nSPS) is 14.0. The van der Waals surface area contributed by atoms with Crippen molar-refractivity contribution in [2.24, 2.45) is 10.7 Å². The second kappa shape index (κ2) is 5.47. The van der Waals surface area contributed by atoms with Crippen LogP contribution in [0.4, 0.5) is 10.5 Å². The fourth-order valence-corrected chi connectivity index (χ4v) is 1.77. The number of nitrogens with one attached hydrogen (secondary N) is 1. The SMILES string of the molecule is COc1ccc(NC(=O)N2CCN=C2N)cc1OC. The van der Waals surface area contributed by atoms with Gasteiger partial charge in [-0.3, -0.25) is 9.89 Å². The van der Waals surface area contributed by atoms with Crippen LogP contribution in [0.25, 0.3) is 0 Å². The molecular weight excluding hydrogens is 248 g/mol. The minimum absolute atomic E-state index is 0.234. The molecule has 2 amide bonds. The molecule has 0 atom stereocenters. The summed E-state index contributed by atoms with van der Waals surface area (Å²) in [5.41, 5.74) is 6.21. The van der Waals surface area contributed by atoms with Gasteiger partial charge >= 0.3 is 6.03 Å². The van der Waals surface area contributed by atoms with Crippen molar-refractivity contribution in [1.82, 2.24) is 4.90 Å². The fourth-order valence-electron chi connectivity index (χ4n) is 1.77. The van der Waals surface area contributed by atoms with E-state index in [2.05, 4.69) is 10.3 Å². The van der Waals surface area contributed by atoms with Crippen molar-refractivity contribution >= 4 is 17.7 Å². The molecule has 0 saturated heterocycles. The highest BCUT2D eigenvalue weighted by Crippen LogP contribution is 2.29. The first kappa shape index (κ1) is 13.0. The van der Waals surface area contributed by atoms with Gasteiger partial charge in [0.2, 0.25) is 0 Å². The smallest absolute Gasteiger partial charge is 0.328 e. The number of amides is 2. The lowest BCUT2D eigenvalue weighted by Crippen LogP contribution is -2.41. The molecule has 102 valence electrons. The first-order valence-electron chi connectivity index (χ1n) is 5.76. The number of methoxy groups -OCH3 is 2. The van der Waals surface area contributed by atoms with Crippen molar-refractivity contribution < 1.29 is 14.3 Å². The molecule has 0 aliphatic carbocycles. The molecule has 1 aromatic rings. The van der Waals surface area contributed by atoms with Crippen molar-refractivity contribution in [2.45, 2.75) is 0 Å². The standard InChI is InChI=1S/C12H16N4O3/c1-18-9-4-3-8(7-10(9)19-2)15-12(17)16-6-5-14-11(16)13/h3-4,7H,5-6H2,1-2H3,(H2,13,14)(H,15,17). The fraction of sp³-hybridized carbons (Fsp3) is 0.333. The average molecular weight is 264 g/mol. The van der Waals surface area contributed by atoms with Gasteiger partial charge in [0, 0.05) is 11.8 Å². The molecule has 0 fully saturated rings. The number of carbonyl (C=O) groups excluding carboxylic acids is 1. The number of rotatable bonds is 3. The van der Waals surface area contributed by atoms with Gasteiger partial charge in [-0.25, -0.2) is 4.79 Å². The topological polar surface area (TPSA) is 89.2 Å². The van der Waals surface area contributed by atoms with Crippen LogP contribution in [0.1, 0.15) is 0 Å². The molecule has 0 radical (unpaired) electrons. The molecular formula is C12H16N4O3. The van der Waals surface area contributed by atoms with Crippen LogP contribution in [0.2, 0.25) is 0 Å². The van der Waals surface area contributed by atoms with Crippen LogP contribution in [-0.4, -0.2) is 44.2 Å². The Morgan fingerprint density at radius 1 is 1.37 bits per heavy atom. The van der Waals surface area contributed by atoms with E-state index < -0.39 is 0 Å². The third-order valence-electron chi connectivity index (χ3n) is 2.75. The van der Waals surface area contributed by atoms with Gasteiger partial charge in [0.25, 0.3) is 0 Å². The van der Waals surface area contributed by atoms with Crippen LogP contribution < -0.4 is 20.5 Å². The maximum Gasteiger partial charge on any atom is 0.328 e. The van der Waals surface area contributed by atoms with E-state index in [1.807, 2.05) is 0 Å². The molecule has 7 nitrogen and oxygen atoms in total. The van der Waals surface area contributed by atoms with E-state index in [1.54, 1.807) is 25.3 Å². The molecule has 1 aliphatic heterocycles. The zero-order valence-electron chi connectivity index (χ0n) is 10.8. The predicted octanol–water partition coefficient (Wildman–Crippen LogP) is 0.866. The molecule has 3 N–H and O–H groups in total. The summed E-state index contributed by atoms with van der Waals surface area (Å²) in [5.74, 6) is 1.38. The van der Waals surface area contributed by atoms with Crippen LogP contribution in [-0.2, 0) is 0 Å². The van der Waals surface area contributed by atoms with Crippen LogP contribution in [0, 0.1) is 0 Å². The van der Waals surface area contributed by atoms with Crippen LogP contribution in [0.15, 0.2) is 23.2 Å². The van der Waals surface area contributed by atoms with Crippen LogP contribution in [0.5, 0.6) is 11.5 Å². The summed E-state index contributed by atoms with van der Waals surface area (Å²) >= 11 is 0. The number of nitrogens with two attached hydrogens (primary N) is 1. The lowest BCUT2D eigenvalue weighted by molar-refractivity contribution is 0.236. The van der Waals surface area contributed by atoms with Gasteiger partial charge in [0.05, 0.1) is 27.3 Å². The second-order valence-electron chi connectivity index (χ2n) is 3.89. The summed E-state index contributed by atoms with van der Waals surface area (Å²) in [5, 5.41) is 2.73. The lowest BCUT2D eigenvalue weighted by atomic mass is 10.3. The highest BCUT2D eigenvalue weighted by molar-refractivity contribution is 6.02. The van der Waals surface area contributed by atoms with Crippen molar-refractivity contribution in [3.05, 3.63) is 18.2 Å². The van der Waals surface area contributed by atoms with Crippen molar-refractivity contribution in [2.75, 3.05) is 32.6 Å². The zero-order valence-corrected chi connectivity index (χ0v) is 10.8. The summed E-state index contributed by atoms with van der Waals surface area (Å²) in [6.07, 6.45) is 0. The maximum atomic E-state index is 12.0. The van der Waals surface area contributed by atoms with Crippen LogP contribution >= 0.6 is 0 Å². The molecule has 7 heteroatoms. The van der Waals surface area contributed by atoms with E-state index in [4.69, 9.17) is 15.2 Å². The monoisotopic (exact) mass is 264 g/mol. The molecule has 1 aliphatic rings. The molecule has 1 aromatic carbocycles. The summed E-state index contributed by atoms with van der Waals surface area (Å²) in [6.45, 7) is 1.02. The minimum atomic E-state index is -0.314. The van der Waals surface area contributed by atoms with Gasteiger partial charge in [-0.1, -0.05) is 0 Å². The van der Waals surface area contributed by atoms with E-state index in [-0.39, 0.29) is 12.0 Å². The van der Waals surface area contributed by atoms with E-state index >= 15 is 0 Å². The van der Waals surface area contributed by atoms with Crippen molar-refractivity contribution in [3.8, 4) is 11.5 Å². The van der Waals surface area contributed by atoms with Crippen LogP contribution in [0.3, 0.4) is 0 Å². The van der Waals surface area contributed by atoms with E-state index in [0.29, 0.717) is 30.3 Å². The quantitative estimate of drug-likeness (QED) is 0.847. The summed E-state index contributed by atoms with van der Waals surface area (Å²) in [6, 6.07) is 4.81. The summed E-state index contributed by atoms with van der Waals surface area (Å²) < 4.78 is 10.3. The van der Waals surface area contributed by atoms with Crippen molar-refractivity contribution in [3.63, 3.8) is 0 Å². The number of hydrogen-bond donors (Lipinski definition) is 2. The first-order chi connectivity index (χ1) is 9.15. The Morgan fingerprint density at radius 2 is 2.11 bits per heavy atom. The first-order valence-corrected chi connectivity index (χ1v) is 5.76. The van der Waals surface area contributed by atoms with E-state index in [0.717, 1.165) is 0 Å². The number of hydrogen-bond acceptors (Lipinski definition) is 5. The van der Waals surface area contributed by atoms with Gasteiger partial charge in [-0.05, 0) is 12.1 Å². The number of benzene rings is 1. The number of carbonyl (C=O) groups is 1. The zero-order chi connectivity index (χ0) is 13.8. The number of urea groups is 1. The molecule has 0 unspecified atom stereocenters. The summed E-state index contributed by atoms with van der Waals surface area (Å²) in [4.78, 5) is 17.3. The van der Waals surface area contributed by atoms with Crippen molar-refractivity contribution in [1.29, 1.82) is 0 Å². The number of aliphatic imine (C=N–C) groups is 1. The highest BCUT2D eigenvalue weighted by atomic mass is 16.5. The Labute approximate surface area is 111 Å². The van der Waals surface area contributed by atoms with Gasteiger partial charge in [0.15, 0.2) is 17.5 Å². The molecule has 0 bridgehead atoms. The number of nitrogens with zero attached hydrogens (tertiary/aromatic N) is 2. The van der Waals surface area contributed by atoms with Gasteiger partial charge in [-0.15, -0.1) is 0 Å². The number of anilines is 1. The highest BCUT2D eigenvalue weighted by Gasteiger charge is 2.21. The molecule has 0 aromatic heterocycles. The third kappa shape index (κ3) is 2.70. The number of guanidine groups is 1. The molecule has 0 saturated carbocycles. The molecule has 19 heavy (non-hydrogen) atoms.